The van der Waals surface area contributed by atoms with Crippen molar-refractivity contribution in [1.29, 1.82) is 0 Å². The van der Waals surface area contributed by atoms with E-state index in [4.69, 9.17) is 0 Å². The summed E-state index contributed by atoms with van der Waals surface area (Å²) in [5.41, 5.74) is 5.99. The summed E-state index contributed by atoms with van der Waals surface area (Å²) in [6, 6.07) is 17.2. The average molecular weight is 359 g/mol. The molecule has 26 heavy (non-hydrogen) atoms. The van der Waals surface area contributed by atoms with Crippen molar-refractivity contribution in [1.82, 2.24) is 9.97 Å². The van der Waals surface area contributed by atoms with Crippen LogP contribution in [0.3, 0.4) is 0 Å². The van der Waals surface area contributed by atoms with Crippen LogP contribution in [-0.2, 0) is 0 Å². The minimum Gasteiger partial charge on any atom is -0.340 e. The van der Waals surface area contributed by atoms with Crippen molar-refractivity contribution in [3.8, 4) is 11.1 Å². The second-order valence-electron chi connectivity index (χ2n) is 6.82. The third kappa shape index (κ3) is 3.20. The number of aryl methyl sites for hydroxylation is 1. The molecule has 0 aliphatic heterocycles. The predicted octanol–water partition coefficient (Wildman–Crippen LogP) is 6.53. The number of rotatable bonds is 4. The minimum absolute atomic E-state index is 0.533. The first-order valence-electron chi connectivity index (χ1n) is 8.78. The van der Waals surface area contributed by atoms with Gasteiger partial charge in [-0.05, 0) is 36.1 Å². The van der Waals surface area contributed by atoms with Gasteiger partial charge in [-0.1, -0.05) is 55.8 Å². The topological polar surface area (TPSA) is 37.8 Å². The van der Waals surface area contributed by atoms with Gasteiger partial charge in [0.1, 0.15) is 17.0 Å². The highest BCUT2D eigenvalue weighted by atomic mass is 32.1. The fourth-order valence-corrected chi connectivity index (χ4v) is 3.92. The Kier molecular flexibility index (Phi) is 4.43. The molecular formula is C22H21N3S. The number of anilines is 2. The van der Waals surface area contributed by atoms with Crippen LogP contribution in [0.5, 0.6) is 0 Å². The van der Waals surface area contributed by atoms with Crippen molar-refractivity contribution >= 4 is 33.1 Å². The second kappa shape index (κ2) is 6.89. The molecule has 0 radical (unpaired) electrons. The number of thiophene rings is 1. The maximum atomic E-state index is 4.51. The number of aromatic nitrogens is 2. The van der Waals surface area contributed by atoms with Crippen LogP contribution in [-0.4, -0.2) is 9.97 Å². The van der Waals surface area contributed by atoms with Gasteiger partial charge in [0.2, 0.25) is 0 Å². The fraction of sp³-hybridized carbons (Fsp3) is 0.182. The molecule has 0 saturated carbocycles. The second-order valence-corrected chi connectivity index (χ2v) is 7.68. The number of benzene rings is 2. The van der Waals surface area contributed by atoms with Gasteiger partial charge < -0.3 is 5.32 Å². The highest BCUT2D eigenvalue weighted by Gasteiger charge is 2.13. The summed E-state index contributed by atoms with van der Waals surface area (Å²) in [7, 11) is 0. The molecule has 4 heteroatoms. The van der Waals surface area contributed by atoms with Gasteiger partial charge in [-0.25, -0.2) is 9.97 Å². The predicted molar refractivity (Wildman–Crippen MR) is 111 cm³/mol. The molecule has 4 aromatic rings. The van der Waals surface area contributed by atoms with Crippen LogP contribution in [0.25, 0.3) is 21.3 Å². The Balaban J connectivity index is 1.77. The maximum absolute atomic E-state index is 4.51. The highest BCUT2D eigenvalue weighted by molar-refractivity contribution is 7.17. The van der Waals surface area contributed by atoms with Gasteiger partial charge in [0, 0.05) is 16.6 Å². The SMILES string of the molecule is Cc1ccc(Nc2ncnc3scc(-c4ccc(C(C)C)cc4)c23)cc1. The Hall–Kier alpha value is -2.72. The van der Waals surface area contributed by atoms with Crippen molar-refractivity contribution in [3.63, 3.8) is 0 Å². The molecule has 3 nitrogen and oxygen atoms in total. The van der Waals surface area contributed by atoms with E-state index in [9.17, 15) is 0 Å². The van der Waals surface area contributed by atoms with Crippen LogP contribution >= 0.6 is 11.3 Å². The zero-order chi connectivity index (χ0) is 18.1. The van der Waals surface area contributed by atoms with Gasteiger partial charge >= 0.3 is 0 Å². The van der Waals surface area contributed by atoms with Gasteiger partial charge in [0.05, 0.1) is 5.39 Å². The lowest BCUT2D eigenvalue weighted by atomic mass is 9.99. The number of fused-ring (bicyclic) bond motifs is 1. The van der Waals surface area contributed by atoms with Crippen LogP contribution in [0, 0.1) is 6.92 Å². The molecule has 0 fully saturated rings. The van der Waals surface area contributed by atoms with E-state index in [1.165, 1.54) is 22.3 Å². The molecular weight excluding hydrogens is 338 g/mol. The smallest absolute Gasteiger partial charge is 0.143 e. The molecule has 0 aliphatic rings. The summed E-state index contributed by atoms with van der Waals surface area (Å²) < 4.78 is 0. The molecule has 130 valence electrons. The number of hydrogen-bond acceptors (Lipinski definition) is 4. The first-order valence-corrected chi connectivity index (χ1v) is 9.66. The maximum Gasteiger partial charge on any atom is 0.143 e. The zero-order valence-corrected chi connectivity index (χ0v) is 16.0. The number of hydrogen-bond donors (Lipinski definition) is 1. The third-order valence-corrected chi connectivity index (χ3v) is 5.46. The van der Waals surface area contributed by atoms with Crippen molar-refractivity contribution < 1.29 is 0 Å². The highest BCUT2D eigenvalue weighted by Crippen LogP contribution is 2.37. The van der Waals surface area contributed by atoms with Crippen molar-refractivity contribution in [2.45, 2.75) is 26.7 Å². The van der Waals surface area contributed by atoms with Crippen molar-refractivity contribution in [2.75, 3.05) is 5.32 Å². The standard InChI is InChI=1S/C22H21N3S/c1-14(2)16-6-8-17(9-7-16)19-12-26-22-20(19)21(23-13-24-22)25-18-10-4-15(3)5-11-18/h4-14H,1-3H3,(H,23,24,25). The number of nitrogens with one attached hydrogen (secondary N) is 1. The Bertz CT molecular complexity index is 1030. The molecule has 0 saturated heterocycles. The van der Waals surface area contributed by atoms with E-state index in [1.807, 2.05) is 0 Å². The summed E-state index contributed by atoms with van der Waals surface area (Å²) in [5.74, 6) is 1.38. The molecule has 2 heterocycles. The first kappa shape index (κ1) is 16.7. The lowest BCUT2D eigenvalue weighted by Gasteiger charge is -2.10. The average Bonchev–Trinajstić information content (AvgIpc) is 3.09. The van der Waals surface area contributed by atoms with Crippen LogP contribution in [0.15, 0.2) is 60.2 Å². The Labute approximate surface area is 157 Å². The molecule has 4 rings (SSSR count). The van der Waals surface area contributed by atoms with E-state index in [0.717, 1.165) is 21.7 Å². The molecule has 0 atom stereocenters. The normalized spacial score (nSPS) is 11.2. The monoisotopic (exact) mass is 359 g/mol. The number of nitrogens with zero attached hydrogens (tertiary/aromatic N) is 2. The summed E-state index contributed by atoms with van der Waals surface area (Å²) >= 11 is 1.66. The molecule has 0 unspecified atom stereocenters. The van der Waals surface area contributed by atoms with E-state index in [0.29, 0.717) is 5.92 Å². The Morgan fingerprint density at radius 1 is 0.923 bits per heavy atom. The van der Waals surface area contributed by atoms with Crippen LogP contribution in [0.4, 0.5) is 11.5 Å². The summed E-state index contributed by atoms with van der Waals surface area (Å²) in [5, 5.41) is 6.71. The molecule has 1 N–H and O–H groups in total. The molecule has 0 aliphatic carbocycles. The molecule has 2 aromatic carbocycles. The zero-order valence-electron chi connectivity index (χ0n) is 15.2. The summed E-state index contributed by atoms with van der Waals surface area (Å²) in [6.07, 6.45) is 1.63. The Morgan fingerprint density at radius 2 is 1.65 bits per heavy atom. The third-order valence-electron chi connectivity index (χ3n) is 4.57. The van der Waals surface area contributed by atoms with Crippen LogP contribution in [0.2, 0.25) is 0 Å². The van der Waals surface area contributed by atoms with Crippen LogP contribution < -0.4 is 5.32 Å². The molecule has 2 aromatic heterocycles. The fourth-order valence-electron chi connectivity index (χ4n) is 3.00. The quantitative estimate of drug-likeness (QED) is 0.450. The van der Waals surface area contributed by atoms with Crippen molar-refractivity contribution in [3.05, 3.63) is 71.4 Å². The molecule has 0 amide bonds. The minimum atomic E-state index is 0.533. The van der Waals surface area contributed by atoms with Crippen LogP contribution in [0.1, 0.15) is 30.9 Å². The summed E-state index contributed by atoms with van der Waals surface area (Å²) in [4.78, 5) is 9.97. The Morgan fingerprint density at radius 3 is 2.35 bits per heavy atom. The molecule has 0 bridgehead atoms. The van der Waals surface area contributed by atoms with E-state index in [1.54, 1.807) is 17.7 Å². The molecule has 0 spiro atoms. The lowest BCUT2D eigenvalue weighted by molar-refractivity contribution is 0.867. The summed E-state index contributed by atoms with van der Waals surface area (Å²) in [6.45, 7) is 6.52. The van der Waals surface area contributed by atoms with Gasteiger partial charge in [-0.2, -0.15) is 0 Å². The largest absolute Gasteiger partial charge is 0.340 e. The van der Waals surface area contributed by atoms with E-state index < -0.39 is 0 Å². The lowest BCUT2D eigenvalue weighted by Crippen LogP contribution is -1.95. The van der Waals surface area contributed by atoms with Crippen molar-refractivity contribution in [2.24, 2.45) is 0 Å². The first-order chi connectivity index (χ1) is 12.6. The van der Waals surface area contributed by atoms with Gasteiger partial charge in [0.15, 0.2) is 0 Å². The van der Waals surface area contributed by atoms with E-state index >= 15 is 0 Å². The van der Waals surface area contributed by atoms with Gasteiger partial charge in [0.25, 0.3) is 0 Å². The van der Waals surface area contributed by atoms with E-state index in [2.05, 4.69) is 90.0 Å². The van der Waals surface area contributed by atoms with E-state index in [-0.39, 0.29) is 0 Å². The van der Waals surface area contributed by atoms with Gasteiger partial charge in [-0.3, -0.25) is 0 Å². The van der Waals surface area contributed by atoms with Gasteiger partial charge in [-0.15, -0.1) is 11.3 Å².